The van der Waals surface area contributed by atoms with Gasteiger partial charge >= 0.3 is 5.97 Å². The zero-order valence-electron chi connectivity index (χ0n) is 15.0. The summed E-state index contributed by atoms with van der Waals surface area (Å²) < 4.78 is 5.10. The predicted molar refractivity (Wildman–Crippen MR) is 107 cm³/mol. The van der Waals surface area contributed by atoms with Crippen LogP contribution in [-0.2, 0) is 9.53 Å². The van der Waals surface area contributed by atoms with E-state index < -0.39 is 23.2 Å². The molecule has 1 unspecified atom stereocenters. The molecule has 2 aromatic carbocycles. The third-order valence-electron chi connectivity index (χ3n) is 4.25. The smallest absolute Gasteiger partial charge is 0.338 e. The molecule has 1 heterocycles. The van der Waals surface area contributed by atoms with Gasteiger partial charge in [0.05, 0.1) is 16.2 Å². The number of carbonyl (C=O) groups is 2. The molecule has 1 aliphatic rings. The van der Waals surface area contributed by atoms with Gasteiger partial charge < -0.3 is 9.64 Å². The Hall–Kier alpha value is -2.58. The number of carbonyl (C=O) groups excluding carboxylic acids is 2. The molecule has 7 nitrogen and oxygen atoms in total. The van der Waals surface area contributed by atoms with Gasteiger partial charge in [-0.3, -0.25) is 14.9 Å². The van der Waals surface area contributed by atoms with E-state index in [2.05, 4.69) is 6.92 Å². The number of hydrogen-bond donors (Lipinski definition) is 0. The summed E-state index contributed by atoms with van der Waals surface area (Å²) in [4.78, 5) is 37.8. The molecule has 2 aromatic rings. The SMILES string of the molecule is CC1CCN(C(=O)COC(=O)c2ccc(Cl)c([N+](=O)[O-])c2)c2ccccc2S1. The molecule has 0 saturated carbocycles. The van der Waals surface area contributed by atoms with Crippen LogP contribution in [0.3, 0.4) is 0 Å². The van der Waals surface area contributed by atoms with Crippen molar-refractivity contribution in [2.24, 2.45) is 0 Å². The molecular weight excluding hydrogens is 404 g/mol. The number of amides is 1. The van der Waals surface area contributed by atoms with Crippen LogP contribution in [-0.4, -0.2) is 35.2 Å². The second kappa shape index (κ2) is 8.62. The number of nitro benzene ring substituents is 1. The number of nitro groups is 1. The molecule has 3 rings (SSSR count). The summed E-state index contributed by atoms with van der Waals surface area (Å²) in [5.41, 5.74) is 0.360. The molecule has 0 fully saturated rings. The van der Waals surface area contributed by atoms with E-state index in [0.717, 1.165) is 23.1 Å². The molecule has 0 aliphatic carbocycles. The third kappa shape index (κ3) is 4.45. The van der Waals surface area contributed by atoms with Crippen molar-refractivity contribution in [2.75, 3.05) is 18.1 Å². The van der Waals surface area contributed by atoms with Crippen LogP contribution in [0.5, 0.6) is 0 Å². The molecular formula is C19H17ClN2O5S. The summed E-state index contributed by atoms with van der Waals surface area (Å²) in [5.74, 6) is -1.17. The first-order valence-electron chi connectivity index (χ1n) is 8.54. The van der Waals surface area contributed by atoms with E-state index in [1.165, 1.54) is 12.1 Å². The van der Waals surface area contributed by atoms with E-state index in [-0.39, 0.29) is 16.5 Å². The molecule has 28 heavy (non-hydrogen) atoms. The Labute approximate surface area is 170 Å². The minimum absolute atomic E-state index is 0.0376. The third-order valence-corrected chi connectivity index (χ3v) is 5.81. The van der Waals surface area contributed by atoms with Crippen molar-refractivity contribution >= 4 is 46.6 Å². The van der Waals surface area contributed by atoms with E-state index in [1.807, 2.05) is 24.3 Å². The molecule has 0 saturated heterocycles. The van der Waals surface area contributed by atoms with Crippen molar-refractivity contribution in [3.8, 4) is 0 Å². The highest BCUT2D eigenvalue weighted by Gasteiger charge is 2.25. The molecule has 0 aromatic heterocycles. The second-order valence-electron chi connectivity index (χ2n) is 6.23. The first-order chi connectivity index (χ1) is 13.4. The summed E-state index contributed by atoms with van der Waals surface area (Å²) in [6.07, 6.45) is 0.808. The Morgan fingerprint density at radius 1 is 1.32 bits per heavy atom. The molecule has 0 spiro atoms. The molecule has 0 bridgehead atoms. The van der Waals surface area contributed by atoms with Gasteiger partial charge in [0.25, 0.3) is 11.6 Å². The first-order valence-corrected chi connectivity index (χ1v) is 9.79. The van der Waals surface area contributed by atoms with Gasteiger partial charge in [-0.25, -0.2) is 4.79 Å². The lowest BCUT2D eigenvalue weighted by Gasteiger charge is -2.22. The maximum Gasteiger partial charge on any atom is 0.338 e. The number of halogens is 1. The fourth-order valence-electron chi connectivity index (χ4n) is 2.81. The Morgan fingerprint density at radius 2 is 2.07 bits per heavy atom. The van der Waals surface area contributed by atoms with Crippen molar-refractivity contribution in [2.45, 2.75) is 23.5 Å². The minimum atomic E-state index is -0.820. The van der Waals surface area contributed by atoms with E-state index in [0.29, 0.717) is 11.8 Å². The van der Waals surface area contributed by atoms with Crippen molar-refractivity contribution in [3.05, 3.63) is 63.2 Å². The molecule has 9 heteroatoms. The fraction of sp³-hybridized carbons (Fsp3) is 0.263. The fourth-order valence-corrected chi connectivity index (χ4v) is 4.11. The lowest BCUT2D eigenvalue weighted by Crippen LogP contribution is -2.35. The largest absolute Gasteiger partial charge is 0.452 e. The highest BCUT2D eigenvalue weighted by atomic mass is 35.5. The summed E-state index contributed by atoms with van der Waals surface area (Å²) in [6.45, 7) is 2.17. The zero-order chi connectivity index (χ0) is 20.3. The van der Waals surface area contributed by atoms with Crippen molar-refractivity contribution in [1.82, 2.24) is 0 Å². The highest BCUT2D eigenvalue weighted by Crippen LogP contribution is 2.37. The van der Waals surface area contributed by atoms with E-state index >= 15 is 0 Å². The van der Waals surface area contributed by atoms with Gasteiger partial charge in [0.15, 0.2) is 6.61 Å². The number of rotatable bonds is 4. The minimum Gasteiger partial charge on any atom is -0.452 e. The van der Waals surface area contributed by atoms with Gasteiger partial charge in [-0.15, -0.1) is 11.8 Å². The highest BCUT2D eigenvalue weighted by molar-refractivity contribution is 8.00. The van der Waals surface area contributed by atoms with Crippen LogP contribution in [0.25, 0.3) is 0 Å². The van der Waals surface area contributed by atoms with Crippen molar-refractivity contribution in [1.29, 1.82) is 0 Å². The monoisotopic (exact) mass is 420 g/mol. The van der Waals surface area contributed by atoms with Crippen LogP contribution < -0.4 is 4.90 Å². The summed E-state index contributed by atoms with van der Waals surface area (Å²) in [6, 6.07) is 11.2. The van der Waals surface area contributed by atoms with Gasteiger partial charge in [-0.05, 0) is 30.7 Å². The topological polar surface area (TPSA) is 89.8 Å². The number of thioether (sulfide) groups is 1. The average molecular weight is 421 g/mol. The summed E-state index contributed by atoms with van der Waals surface area (Å²) >= 11 is 7.45. The Balaban J connectivity index is 1.71. The number of fused-ring (bicyclic) bond motifs is 1. The molecule has 1 atom stereocenters. The molecule has 0 radical (unpaired) electrons. The van der Waals surface area contributed by atoms with Crippen molar-refractivity contribution in [3.63, 3.8) is 0 Å². The number of hydrogen-bond acceptors (Lipinski definition) is 6. The standard InChI is InChI=1S/C19H17ClN2O5S/c1-12-8-9-21(15-4-2-3-5-17(15)28-12)18(23)11-27-19(24)13-6-7-14(20)16(10-13)22(25)26/h2-7,10,12H,8-9,11H2,1H3. The molecule has 1 amide bonds. The van der Waals surface area contributed by atoms with Crippen molar-refractivity contribution < 1.29 is 19.2 Å². The van der Waals surface area contributed by atoms with Gasteiger partial charge in [-0.1, -0.05) is 30.7 Å². The number of benzene rings is 2. The average Bonchev–Trinajstić information content (AvgIpc) is 2.84. The van der Waals surface area contributed by atoms with Crippen LogP contribution in [0.15, 0.2) is 47.4 Å². The van der Waals surface area contributed by atoms with Crippen LogP contribution >= 0.6 is 23.4 Å². The van der Waals surface area contributed by atoms with E-state index in [9.17, 15) is 19.7 Å². The van der Waals surface area contributed by atoms with Gasteiger partial charge in [-0.2, -0.15) is 0 Å². The van der Waals surface area contributed by atoms with Gasteiger partial charge in [0.1, 0.15) is 5.02 Å². The first kappa shape index (κ1) is 20.2. The maximum absolute atomic E-state index is 12.7. The number of anilines is 1. The Morgan fingerprint density at radius 3 is 2.82 bits per heavy atom. The molecule has 1 aliphatic heterocycles. The van der Waals surface area contributed by atoms with Crippen LogP contribution in [0.2, 0.25) is 5.02 Å². The second-order valence-corrected chi connectivity index (χ2v) is 8.12. The quantitative estimate of drug-likeness (QED) is 0.415. The summed E-state index contributed by atoms with van der Waals surface area (Å²) in [7, 11) is 0. The number of nitrogens with zero attached hydrogens (tertiary/aromatic N) is 2. The Bertz CT molecular complexity index is 936. The van der Waals surface area contributed by atoms with Gasteiger partial charge in [0, 0.05) is 22.8 Å². The molecule has 146 valence electrons. The number of ether oxygens (including phenoxy) is 1. The predicted octanol–water partition coefficient (Wildman–Crippen LogP) is 4.32. The Kier molecular flexibility index (Phi) is 6.21. The lowest BCUT2D eigenvalue weighted by atomic mass is 10.2. The zero-order valence-corrected chi connectivity index (χ0v) is 16.5. The van der Waals surface area contributed by atoms with E-state index in [4.69, 9.17) is 16.3 Å². The van der Waals surface area contributed by atoms with Crippen LogP contribution in [0.1, 0.15) is 23.7 Å². The summed E-state index contributed by atoms with van der Waals surface area (Å²) in [5, 5.41) is 11.2. The van der Waals surface area contributed by atoms with Gasteiger partial charge in [0.2, 0.25) is 0 Å². The molecule has 0 N–H and O–H groups in total. The van der Waals surface area contributed by atoms with E-state index in [1.54, 1.807) is 16.7 Å². The van der Waals surface area contributed by atoms with Crippen LogP contribution in [0.4, 0.5) is 11.4 Å². The maximum atomic E-state index is 12.7. The van der Waals surface area contributed by atoms with Crippen LogP contribution in [0, 0.1) is 10.1 Å². The lowest BCUT2D eigenvalue weighted by molar-refractivity contribution is -0.384. The number of para-hydroxylation sites is 1. The number of esters is 1. The normalized spacial score (nSPS) is 16.1.